The number of aromatic nitrogens is 1. The molecule has 4 rings (SSSR count). The number of nitrogens with one attached hydrogen (secondary N) is 1. The van der Waals surface area contributed by atoms with Crippen LogP contribution in [0.5, 0.6) is 0 Å². The van der Waals surface area contributed by atoms with Crippen LogP contribution < -0.4 is 9.52 Å². The molecule has 4 aromatic rings. The Morgan fingerprint density at radius 3 is 2.31 bits per heavy atom. The highest BCUT2D eigenvalue weighted by Crippen LogP contribution is 2.22. The first-order chi connectivity index (χ1) is 16.7. The summed E-state index contributed by atoms with van der Waals surface area (Å²) in [7, 11) is -2.43. The van der Waals surface area contributed by atoms with E-state index in [0.29, 0.717) is 10.5 Å². The Morgan fingerprint density at radius 1 is 1.00 bits per heavy atom. The van der Waals surface area contributed by atoms with E-state index in [2.05, 4.69) is 9.71 Å². The van der Waals surface area contributed by atoms with Crippen molar-refractivity contribution in [3.63, 3.8) is 0 Å². The van der Waals surface area contributed by atoms with Gasteiger partial charge < -0.3 is 9.30 Å². The Kier molecular flexibility index (Phi) is 6.86. The largest absolute Gasteiger partial charge is 0.468 e. The Hall–Kier alpha value is -3.76. The zero-order valence-corrected chi connectivity index (χ0v) is 20.9. The van der Waals surface area contributed by atoms with Crippen LogP contribution in [0.2, 0.25) is 0 Å². The zero-order valence-electron chi connectivity index (χ0n) is 19.3. The van der Waals surface area contributed by atoms with Crippen LogP contribution in [0.4, 0.5) is 5.69 Å². The van der Waals surface area contributed by atoms with Crippen LogP contribution in [-0.4, -0.2) is 32.0 Å². The highest BCUT2D eigenvalue weighted by atomic mass is 32.2. The molecule has 1 amide bonds. The summed E-state index contributed by atoms with van der Waals surface area (Å²) in [5.74, 6) is -0.965. The minimum absolute atomic E-state index is 0.0781. The number of anilines is 1. The second kappa shape index (κ2) is 9.85. The minimum Gasteiger partial charge on any atom is -0.468 e. The van der Waals surface area contributed by atoms with E-state index in [-0.39, 0.29) is 17.0 Å². The molecular formula is C25H23N3O5S2. The maximum Gasteiger partial charge on any atom is 0.325 e. The van der Waals surface area contributed by atoms with Gasteiger partial charge in [0.05, 0.1) is 22.2 Å². The third kappa shape index (κ3) is 5.33. The molecule has 0 saturated carbocycles. The van der Waals surface area contributed by atoms with Gasteiger partial charge in [0.15, 0.2) is 4.80 Å². The molecule has 1 aromatic heterocycles. The fraction of sp³-hybridized carbons (Fsp3) is 0.160. The number of hydrogen-bond acceptors (Lipinski definition) is 6. The molecule has 0 spiro atoms. The Morgan fingerprint density at radius 2 is 1.66 bits per heavy atom. The maximum atomic E-state index is 12.9. The van der Waals surface area contributed by atoms with Crippen molar-refractivity contribution in [3.8, 4) is 0 Å². The Balaban J connectivity index is 1.65. The normalized spacial score (nSPS) is 12.0. The maximum absolute atomic E-state index is 12.9. The summed E-state index contributed by atoms with van der Waals surface area (Å²) >= 11 is 1.31. The molecule has 0 atom stereocenters. The van der Waals surface area contributed by atoms with Crippen molar-refractivity contribution in [2.45, 2.75) is 25.3 Å². The summed E-state index contributed by atoms with van der Waals surface area (Å²) in [5, 5.41) is 0. The Bertz CT molecular complexity index is 1590. The topological polar surface area (TPSA) is 107 Å². The molecule has 0 radical (unpaired) electrons. The van der Waals surface area contributed by atoms with E-state index in [4.69, 9.17) is 4.74 Å². The molecular weight excluding hydrogens is 486 g/mol. The van der Waals surface area contributed by atoms with E-state index in [0.717, 1.165) is 21.3 Å². The second-order valence-electron chi connectivity index (χ2n) is 7.86. The number of hydrogen-bond donors (Lipinski definition) is 1. The van der Waals surface area contributed by atoms with Crippen molar-refractivity contribution < 1.29 is 22.7 Å². The third-order valence-electron chi connectivity index (χ3n) is 5.45. The summed E-state index contributed by atoms with van der Waals surface area (Å²) in [4.78, 5) is 29.7. The average Bonchev–Trinajstić information content (AvgIpc) is 3.15. The fourth-order valence-corrected chi connectivity index (χ4v) is 5.59. The van der Waals surface area contributed by atoms with Gasteiger partial charge in [-0.15, -0.1) is 0 Å². The first kappa shape index (κ1) is 24.4. The fourth-order valence-electron chi connectivity index (χ4n) is 3.40. The van der Waals surface area contributed by atoms with Crippen molar-refractivity contribution in [1.82, 2.24) is 4.57 Å². The van der Waals surface area contributed by atoms with Crippen LogP contribution in [0.15, 0.2) is 76.6 Å². The number of amides is 1. The van der Waals surface area contributed by atoms with Gasteiger partial charge in [0, 0.05) is 11.3 Å². The van der Waals surface area contributed by atoms with Gasteiger partial charge in [-0.25, -0.2) is 8.42 Å². The van der Waals surface area contributed by atoms with E-state index in [9.17, 15) is 18.0 Å². The van der Waals surface area contributed by atoms with E-state index in [1.54, 1.807) is 22.8 Å². The van der Waals surface area contributed by atoms with Crippen molar-refractivity contribution in [2.75, 3.05) is 11.8 Å². The average molecular weight is 510 g/mol. The van der Waals surface area contributed by atoms with Crippen LogP contribution in [0, 0.1) is 13.8 Å². The highest BCUT2D eigenvalue weighted by Gasteiger charge is 2.15. The smallest absolute Gasteiger partial charge is 0.325 e. The van der Waals surface area contributed by atoms with Crippen LogP contribution in [0.1, 0.15) is 21.5 Å². The standard InChI is InChI=1S/C25H23N3O5S2/c1-16-13-21-22(14-17(16)2)34-25(28(21)15-23(29)33-3)26-24(30)18-9-11-19(12-10-18)27-35(31,32)20-7-5-4-6-8-20/h4-14,27H,15H2,1-3H3. The number of methoxy groups -OCH3 is 1. The molecule has 180 valence electrons. The molecule has 10 heteroatoms. The van der Waals surface area contributed by atoms with Gasteiger partial charge in [-0.2, -0.15) is 4.99 Å². The molecule has 0 unspecified atom stereocenters. The monoisotopic (exact) mass is 509 g/mol. The minimum atomic E-state index is -3.74. The predicted molar refractivity (Wildman–Crippen MR) is 135 cm³/mol. The predicted octanol–water partition coefficient (Wildman–Crippen LogP) is 4.03. The quantitative estimate of drug-likeness (QED) is 0.395. The van der Waals surface area contributed by atoms with Crippen LogP contribution >= 0.6 is 11.3 Å². The zero-order chi connectivity index (χ0) is 25.2. The van der Waals surface area contributed by atoms with Gasteiger partial charge in [0.25, 0.3) is 15.9 Å². The third-order valence-corrected chi connectivity index (χ3v) is 7.89. The number of thiazole rings is 1. The number of carbonyl (C=O) groups excluding carboxylic acids is 2. The van der Waals surface area contributed by atoms with Crippen molar-refractivity contribution in [1.29, 1.82) is 0 Å². The first-order valence-electron chi connectivity index (χ1n) is 10.6. The van der Waals surface area contributed by atoms with Gasteiger partial charge in [-0.05, 0) is 73.5 Å². The lowest BCUT2D eigenvalue weighted by Gasteiger charge is -2.08. The lowest BCUT2D eigenvalue weighted by Crippen LogP contribution is -2.22. The van der Waals surface area contributed by atoms with Gasteiger partial charge in [0.2, 0.25) is 0 Å². The van der Waals surface area contributed by atoms with E-state index < -0.39 is 21.9 Å². The van der Waals surface area contributed by atoms with Crippen LogP contribution in [0.25, 0.3) is 10.2 Å². The molecule has 0 aliphatic heterocycles. The van der Waals surface area contributed by atoms with Gasteiger partial charge in [-0.1, -0.05) is 29.5 Å². The van der Waals surface area contributed by atoms with E-state index in [1.165, 1.54) is 54.8 Å². The molecule has 3 aromatic carbocycles. The van der Waals surface area contributed by atoms with Gasteiger partial charge in [-0.3, -0.25) is 14.3 Å². The molecule has 1 N–H and O–H groups in total. The molecule has 35 heavy (non-hydrogen) atoms. The van der Waals surface area contributed by atoms with E-state index in [1.807, 2.05) is 26.0 Å². The van der Waals surface area contributed by atoms with Crippen molar-refractivity contribution >= 4 is 49.1 Å². The molecule has 0 saturated heterocycles. The molecule has 1 heterocycles. The summed E-state index contributed by atoms with van der Waals surface area (Å²) < 4.78 is 34.9. The van der Waals surface area contributed by atoms with Crippen LogP contribution in [-0.2, 0) is 26.1 Å². The number of nitrogens with zero attached hydrogens (tertiary/aromatic N) is 2. The lowest BCUT2D eigenvalue weighted by atomic mass is 10.1. The number of fused-ring (bicyclic) bond motifs is 1. The van der Waals surface area contributed by atoms with Gasteiger partial charge >= 0.3 is 5.97 Å². The number of ether oxygens (including phenoxy) is 1. The number of aryl methyl sites for hydroxylation is 2. The first-order valence-corrected chi connectivity index (χ1v) is 12.9. The number of rotatable bonds is 6. The second-order valence-corrected chi connectivity index (χ2v) is 10.6. The van der Waals surface area contributed by atoms with Crippen molar-refractivity contribution in [3.05, 3.63) is 88.2 Å². The summed E-state index contributed by atoms with van der Waals surface area (Å²) in [5.41, 5.74) is 3.54. The number of esters is 1. The summed E-state index contributed by atoms with van der Waals surface area (Å²) in [6.45, 7) is 3.89. The molecule has 8 nitrogen and oxygen atoms in total. The highest BCUT2D eigenvalue weighted by molar-refractivity contribution is 7.92. The summed E-state index contributed by atoms with van der Waals surface area (Å²) in [6, 6.07) is 18.0. The molecule has 0 bridgehead atoms. The lowest BCUT2D eigenvalue weighted by molar-refractivity contribution is -0.141. The molecule has 0 fully saturated rings. The Labute approximate surface area is 206 Å². The number of benzene rings is 3. The molecule has 0 aliphatic carbocycles. The summed E-state index contributed by atoms with van der Waals surface area (Å²) in [6.07, 6.45) is 0. The van der Waals surface area contributed by atoms with Crippen molar-refractivity contribution in [2.24, 2.45) is 4.99 Å². The number of carbonyl (C=O) groups is 2. The SMILES string of the molecule is COC(=O)Cn1c(=NC(=O)c2ccc(NS(=O)(=O)c3ccccc3)cc2)sc2cc(C)c(C)cc21. The van der Waals surface area contributed by atoms with Crippen LogP contribution in [0.3, 0.4) is 0 Å². The molecule has 0 aliphatic rings. The van der Waals surface area contributed by atoms with E-state index >= 15 is 0 Å². The van der Waals surface area contributed by atoms with Gasteiger partial charge in [0.1, 0.15) is 6.54 Å². The number of sulfonamides is 1.